The van der Waals surface area contributed by atoms with Crippen molar-refractivity contribution < 1.29 is 0 Å². The molecule has 1 heterocycles. The molecule has 0 bridgehead atoms. The highest BCUT2D eigenvalue weighted by molar-refractivity contribution is 9.10. The van der Waals surface area contributed by atoms with Crippen molar-refractivity contribution in [3.8, 4) is 0 Å². The van der Waals surface area contributed by atoms with Crippen molar-refractivity contribution in [2.45, 2.75) is 20.8 Å². The topological polar surface area (TPSA) is 12.9 Å². The number of aryl methyl sites for hydroxylation is 3. The minimum Gasteiger partial charge on any atom is -0.256 e. The third kappa shape index (κ3) is 1.66. The molecule has 0 aliphatic heterocycles. The lowest BCUT2D eigenvalue weighted by Crippen LogP contribution is -1.91. The fraction of sp³-hybridized carbons (Fsp3) is 0.250. The van der Waals surface area contributed by atoms with Crippen LogP contribution in [0.2, 0.25) is 5.02 Å². The van der Waals surface area contributed by atoms with E-state index in [0.717, 1.165) is 37.1 Å². The molecule has 2 rings (SSSR count). The first-order valence-corrected chi connectivity index (χ1v) is 5.90. The predicted molar refractivity (Wildman–Crippen MR) is 68.7 cm³/mol. The van der Waals surface area contributed by atoms with Crippen LogP contribution in [0.4, 0.5) is 0 Å². The second kappa shape index (κ2) is 3.76. The zero-order valence-electron chi connectivity index (χ0n) is 8.86. The van der Waals surface area contributed by atoms with Crippen LogP contribution in [-0.4, -0.2) is 4.98 Å². The molecule has 0 radical (unpaired) electrons. The Morgan fingerprint density at radius 1 is 1.20 bits per heavy atom. The molecule has 0 spiro atoms. The van der Waals surface area contributed by atoms with E-state index in [1.807, 2.05) is 20.0 Å². The molecule has 0 N–H and O–H groups in total. The maximum atomic E-state index is 6.31. The smallest absolute Gasteiger partial charge is 0.0749 e. The van der Waals surface area contributed by atoms with Crippen LogP contribution in [0, 0.1) is 20.8 Å². The van der Waals surface area contributed by atoms with E-state index in [-0.39, 0.29) is 0 Å². The Morgan fingerprint density at radius 2 is 1.87 bits per heavy atom. The normalized spacial score (nSPS) is 11.0. The third-order valence-corrected chi connectivity index (χ3v) is 3.95. The first-order chi connectivity index (χ1) is 7.02. The molecule has 3 heteroatoms. The minimum absolute atomic E-state index is 0.807. The highest BCUT2D eigenvalue weighted by atomic mass is 79.9. The number of fused-ring (bicyclic) bond motifs is 1. The number of aromatic nitrogens is 1. The summed E-state index contributed by atoms with van der Waals surface area (Å²) in [5.74, 6) is 0. The second-order valence-electron chi connectivity index (χ2n) is 3.78. The van der Waals surface area contributed by atoms with Crippen molar-refractivity contribution in [2.24, 2.45) is 0 Å². The zero-order valence-corrected chi connectivity index (χ0v) is 11.2. The quantitative estimate of drug-likeness (QED) is 0.690. The lowest BCUT2D eigenvalue weighted by Gasteiger charge is -2.10. The van der Waals surface area contributed by atoms with Crippen molar-refractivity contribution in [1.29, 1.82) is 0 Å². The molecule has 0 saturated heterocycles. The monoisotopic (exact) mass is 283 g/mol. The molecule has 1 aromatic heterocycles. The van der Waals surface area contributed by atoms with Crippen molar-refractivity contribution in [3.63, 3.8) is 0 Å². The van der Waals surface area contributed by atoms with Gasteiger partial charge in [-0.3, -0.25) is 4.98 Å². The van der Waals surface area contributed by atoms with E-state index in [0.29, 0.717) is 0 Å². The molecule has 0 atom stereocenters. The van der Waals surface area contributed by atoms with E-state index >= 15 is 0 Å². The van der Waals surface area contributed by atoms with Gasteiger partial charge in [0, 0.05) is 16.1 Å². The van der Waals surface area contributed by atoms with Crippen molar-refractivity contribution in [2.75, 3.05) is 0 Å². The number of rotatable bonds is 0. The average Bonchev–Trinajstić information content (AvgIpc) is 2.19. The van der Waals surface area contributed by atoms with Crippen molar-refractivity contribution >= 4 is 38.4 Å². The Hall–Kier alpha value is -0.600. The number of hydrogen-bond donors (Lipinski definition) is 0. The summed E-state index contributed by atoms with van der Waals surface area (Å²) in [5, 5.41) is 1.87. The summed E-state index contributed by atoms with van der Waals surface area (Å²) < 4.78 is 1.08. The van der Waals surface area contributed by atoms with Gasteiger partial charge in [0.1, 0.15) is 0 Å². The number of halogens is 2. The molecule has 15 heavy (non-hydrogen) atoms. The summed E-state index contributed by atoms with van der Waals surface area (Å²) in [6, 6.07) is 2.08. The largest absolute Gasteiger partial charge is 0.256 e. The summed E-state index contributed by atoms with van der Waals surface area (Å²) in [4.78, 5) is 4.44. The van der Waals surface area contributed by atoms with Crippen LogP contribution >= 0.6 is 27.5 Å². The number of hydrogen-bond acceptors (Lipinski definition) is 1. The molecule has 0 aliphatic carbocycles. The van der Waals surface area contributed by atoms with Crippen molar-refractivity contribution in [3.05, 3.63) is 38.4 Å². The summed E-state index contributed by atoms with van der Waals surface area (Å²) in [7, 11) is 0. The first kappa shape index (κ1) is 10.9. The van der Waals surface area contributed by atoms with Gasteiger partial charge < -0.3 is 0 Å². The van der Waals surface area contributed by atoms with Crippen LogP contribution < -0.4 is 0 Å². The summed E-state index contributed by atoms with van der Waals surface area (Å²) in [5.41, 5.74) is 4.30. The first-order valence-electron chi connectivity index (χ1n) is 4.73. The van der Waals surface area contributed by atoms with E-state index in [1.54, 1.807) is 0 Å². The van der Waals surface area contributed by atoms with Gasteiger partial charge in [0.15, 0.2) is 0 Å². The summed E-state index contributed by atoms with van der Waals surface area (Å²) in [6.45, 7) is 6.08. The molecule has 1 nitrogen and oxygen atoms in total. The highest BCUT2D eigenvalue weighted by Crippen LogP contribution is 2.33. The molecule has 0 unspecified atom stereocenters. The van der Waals surface area contributed by atoms with Gasteiger partial charge in [0.25, 0.3) is 0 Å². The van der Waals surface area contributed by atoms with E-state index in [2.05, 4.69) is 33.9 Å². The van der Waals surface area contributed by atoms with Gasteiger partial charge >= 0.3 is 0 Å². The van der Waals surface area contributed by atoms with Gasteiger partial charge in [0.05, 0.1) is 10.5 Å². The van der Waals surface area contributed by atoms with E-state index < -0.39 is 0 Å². The van der Waals surface area contributed by atoms with E-state index in [4.69, 9.17) is 11.6 Å². The summed E-state index contributed by atoms with van der Waals surface area (Å²) >= 11 is 9.85. The van der Waals surface area contributed by atoms with E-state index in [9.17, 15) is 0 Å². The second-order valence-corrected chi connectivity index (χ2v) is 5.01. The Morgan fingerprint density at radius 3 is 2.53 bits per heavy atom. The van der Waals surface area contributed by atoms with Crippen LogP contribution in [0.25, 0.3) is 10.9 Å². The molecule has 0 amide bonds. The standard InChI is InChI=1S/C12H11BrClN/c1-6-4-9(13)8(3)10-11(14)7(2)5-15-12(6)10/h4-5H,1-3H3. The Balaban J connectivity index is 3.04. The maximum Gasteiger partial charge on any atom is 0.0749 e. The summed E-state index contributed by atoms with van der Waals surface area (Å²) in [6.07, 6.45) is 1.82. The lowest BCUT2D eigenvalue weighted by atomic mass is 10.0. The Bertz CT molecular complexity index is 541. The molecule has 0 aliphatic rings. The zero-order chi connectivity index (χ0) is 11.2. The molecule has 1 aromatic carbocycles. The van der Waals surface area contributed by atoms with Crippen LogP contribution in [0.15, 0.2) is 16.7 Å². The molecule has 0 saturated carbocycles. The SMILES string of the molecule is Cc1cnc2c(C)cc(Br)c(C)c2c1Cl. The van der Waals surface area contributed by atoms with Crippen molar-refractivity contribution in [1.82, 2.24) is 4.98 Å². The number of nitrogens with zero attached hydrogens (tertiary/aromatic N) is 1. The molecular weight excluding hydrogens is 273 g/mol. The fourth-order valence-electron chi connectivity index (χ4n) is 1.71. The Labute approximate surface area is 103 Å². The lowest BCUT2D eigenvalue weighted by molar-refractivity contribution is 1.29. The van der Waals surface area contributed by atoms with Crippen LogP contribution in [-0.2, 0) is 0 Å². The number of pyridine rings is 1. The maximum absolute atomic E-state index is 6.31. The molecule has 0 fully saturated rings. The highest BCUT2D eigenvalue weighted by Gasteiger charge is 2.11. The van der Waals surface area contributed by atoms with Crippen LogP contribution in [0.1, 0.15) is 16.7 Å². The van der Waals surface area contributed by atoms with Gasteiger partial charge in [-0.15, -0.1) is 0 Å². The predicted octanol–water partition coefficient (Wildman–Crippen LogP) is 4.58. The van der Waals surface area contributed by atoms with Gasteiger partial charge in [0.2, 0.25) is 0 Å². The Kier molecular flexibility index (Phi) is 2.73. The molecule has 78 valence electrons. The van der Waals surface area contributed by atoms with Gasteiger partial charge in [-0.2, -0.15) is 0 Å². The van der Waals surface area contributed by atoms with Crippen LogP contribution in [0.5, 0.6) is 0 Å². The molecule has 2 aromatic rings. The van der Waals surface area contributed by atoms with Crippen LogP contribution in [0.3, 0.4) is 0 Å². The van der Waals surface area contributed by atoms with Gasteiger partial charge in [-0.25, -0.2) is 0 Å². The average molecular weight is 285 g/mol. The molecular formula is C12H11BrClN. The minimum atomic E-state index is 0.807. The van der Waals surface area contributed by atoms with E-state index in [1.165, 1.54) is 0 Å². The number of benzene rings is 1. The fourth-order valence-corrected chi connectivity index (χ4v) is 2.53. The third-order valence-electron chi connectivity index (χ3n) is 2.64. The van der Waals surface area contributed by atoms with Gasteiger partial charge in [-0.1, -0.05) is 27.5 Å². The van der Waals surface area contributed by atoms with Gasteiger partial charge in [-0.05, 0) is 43.5 Å².